The molecule has 0 saturated heterocycles. The Morgan fingerprint density at radius 1 is 1.13 bits per heavy atom. The van der Waals surface area contributed by atoms with Crippen LogP contribution in [0.5, 0.6) is 0 Å². The van der Waals surface area contributed by atoms with Crippen molar-refractivity contribution >= 4 is 5.65 Å². The van der Waals surface area contributed by atoms with Gasteiger partial charge in [0.05, 0.1) is 17.5 Å². The normalized spacial score (nSPS) is 15.1. The summed E-state index contributed by atoms with van der Waals surface area (Å²) in [7, 11) is 0. The molecule has 0 radical (unpaired) electrons. The van der Waals surface area contributed by atoms with Crippen molar-refractivity contribution in [2.75, 3.05) is 6.54 Å². The second-order valence-corrected chi connectivity index (χ2v) is 7.73. The smallest absolute Gasteiger partial charge is 0.258 e. The highest BCUT2D eigenvalue weighted by molar-refractivity contribution is 5.43. The van der Waals surface area contributed by atoms with Gasteiger partial charge in [-0.15, -0.1) is 0 Å². The molecular weight excluding hydrogens is 372 g/mol. The first-order chi connectivity index (χ1) is 14.7. The molecule has 0 N–H and O–H groups in total. The Hall–Kier alpha value is -3.18. The average molecular weight is 401 g/mol. The number of aryl methyl sites for hydroxylation is 1. The summed E-state index contributed by atoms with van der Waals surface area (Å²) in [6.45, 7) is 7.06. The Morgan fingerprint density at radius 2 is 2.00 bits per heavy atom. The highest BCUT2D eigenvalue weighted by Gasteiger charge is 2.24. The topological polar surface area (TPSA) is 42.5 Å². The third-order valence-corrected chi connectivity index (χ3v) is 5.49. The van der Waals surface area contributed by atoms with Gasteiger partial charge in [0.25, 0.3) is 5.56 Å². The van der Waals surface area contributed by atoms with E-state index >= 15 is 0 Å². The van der Waals surface area contributed by atoms with Crippen molar-refractivity contribution in [2.24, 2.45) is 0 Å². The molecule has 0 spiro atoms. The van der Waals surface area contributed by atoms with Gasteiger partial charge in [-0.25, -0.2) is 4.52 Å². The molecule has 2 aromatic heterocycles. The van der Waals surface area contributed by atoms with Crippen molar-refractivity contribution in [3.05, 3.63) is 106 Å². The number of rotatable bonds is 6. The standard InChI is InChI=1S/C25H28N4O/c1-3-4-5-6-7-8-15-28-24-12-14-26-29(24)23-13-16-27(19-22(23)25(28)30)18-21-11-9-10-20(2)17-21/h3-12,14,17H,13,15-16,18-19H2,1-2H3/b4-3-,6-5-,8-7+. The zero-order valence-corrected chi connectivity index (χ0v) is 17.7. The zero-order chi connectivity index (χ0) is 20.9. The molecule has 0 atom stereocenters. The van der Waals surface area contributed by atoms with Crippen LogP contribution < -0.4 is 5.56 Å². The van der Waals surface area contributed by atoms with Gasteiger partial charge in [0, 0.05) is 38.7 Å². The van der Waals surface area contributed by atoms with Gasteiger partial charge in [-0.2, -0.15) is 5.10 Å². The van der Waals surface area contributed by atoms with Crippen molar-refractivity contribution in [2.45, 2.75) is 39.9 Å². The molecule has 5 nitrogen and oxygen atoms in total. The molecule has 1 aliphatic rings. The summed E-state index contributed by atoms with van der Waals surface area (Å²) in [5, 5.41) is 4.51. The maximum absolute atomic E-state index is 13.4. The SMILES string of the molecule is C\C=C/C=C\C=C\Cn1c(=O)c2c(n3nccc13)CCN(Cc1cccc(C)c1)C2. The van der Waals surface area contributed by atoms with E-state index in [0.717, 1.165) is 36.4 Å². The van der Waals surface area contributed by atoms with Gasteiger partial charge in [-0.1, -0.05) is 66.3 Å². The van der Waals surface area contributed by atoms with Gasteiger partial charge in [-0.05, 0) is 19.4 Å². The summed E-state index contributed by atoms with van der Waals surface area (Å²) in [6.07, 6.45) is 14.5. The second-order valence-electron chi connectivity index (χ2n) is 7.73. The Labute approximate surface area is 177 Å². The predicted octanol–water partition coefficient (Wildman–Crippen LogP) is 4.05. The van der Waals surface area contributed by atoms with Crippen LogP contribution in [0, 0.1) is 6.92 Å². The summed E-state index contributed by atoms with van der Waals surface area (Å²) in [5.41, 5.74) is 5.41. The molecule has 5 heteroatoms. The maximum atomic E-state index is 13.4. The highest BCUT2D eigenvalue weighted by Crippen LogP contribution is 2.20. The minimum Gasteiger partial charge on any atom is -0.294 e. The van der Waals surface area contributed by atoms with E-state index in [-0.39, 0.29) is 5.56 Å². The molecule has 1 aromatic carbocycles. The van der Waals surface area contributed by atoms with Crippen LogP contribution in [0.3, 0.4) is 0 Å². The zero-order valence-electron chi connectivity index (χ0n) is 17.7. The molecule has 1 aliphatic heterocycles. The molecule has 0 saturated carbocycles. The van der Waals surface area contributed by atoms with E-state index in [4.69, 9.17) is 0 Å². The second kappa shape index (κ2) is 9.09. The number of aromatic nitrogens is 3. The van der Waals surface area contributed by atoms with Crippen molar-refractivity contribution in [1.29, 1.82) is 0 Å². The molecule has 3 aromatic rings. The van der Waals surface area contributed by atoms with E-state index in [0.29, 0.717) is 13.1 Å². The lowest BCUT2D eigenvalue weighted by molar-refractivity contribution is 0.239. The van der Waals surface area contributed by atoms with Crippen LogP contribution in [0.1, 0.15) is 29.3 Å². The molecule has 154 valence electrons. The van der Waals surface area contributed by atoms with Gasteiger partial charge in [-0.3, -0.25) is 14.3 Å². The molecular formula is C25H28N4O. The number of hydrogen-bond donors (Lipinski definition) is 0. The summed E-state index contributed by atoms with van der Waals surface area (Å²) in [4.78, 5) is 15.7. The minimum absolute atomic E-state index is 0.0917. The lowest BCUT2D eigenvalue weighted by atomic mass is 10.0. The van der Waals surface area contributed by atoms with Crippen LogP contribution in [-0.4, -0.2) is 25.6 Å². The fraction of sp³-hybridized carbons (Fsp3) is 0.280. The van der Waals surface area contributed by atoms with Crippen LogP contribution in [0.25, 0.3) is 5.65 Å². The van der Waals surface area contributed by atoms with Crippen molar-refractivity contribution in [1.82, 2.24) is 19.1 Å². The van der Waals surface area contributed by atoms with Crippen LogP contribution in [0.4, 0.5) is 0 Å². The first kappa shape index (κ1) is 20.1. The fourth-order valence-electron chi connectivity index (χ4n) is 4.07. The number of benzene rings is 1. The van der Waals surface area contributed by atoms with Gasteiger partial charge in [0.1, 0.15) is 5.65 Å². The Morgan fingerprint density at radius 3 is 2.83 bits per heavy atom. The lowest BCUT2D eigenvalue weighted by Gasteiger charge is -2.29. The largest absolute Gasteiger partial charge is 0.294 e. The van der Waals surface area contributed by atoms with E-state index in [1.165, 1.54) is 11.1 Å². The first-order valence-electron chi connectivity index (χ1n) is 10.5. The molecule has 3 heterocycles. The molecule has 4 rings (SSSR count). The van der Waals surface area contributed by atoms with E-state index < -0.39 is 0 Å². The fourth-order valence-corrected chi connectivity index (χ4v) is 4.07. The molecule has 0 unspecified atom stereocenters. The molecule has 0 aliphatic carbocycles. The third-order valence-electron chi connectivity index (χ3n) is 5.49. The van der Waals surface area contributed by atoms with Crippen LogP contribution in [0.15, 0.2) is 77.8 Å². The Bertz CT molecular complexity index is 1180. The quantitative estimate of drug-likeness (QED) is 0.586. The molecule has 0 bridgehead atoms. The summed E-state index contributed by atoms with van der Waals surface area (Å²) >= 11 is 0. The first-order valence-corrected chi connectivity index (χ1v) is 10.5. The van der Waals surface area contributed by atoms with Crippen LogP contribution in [-0.2, 0) is 26.1 Å². The van der Waals surface area contributed by atoms with Crippen molar-refractivity contribution in [3.63, 3.8) is 0 Å². The van der Waals surface area contributed by atoms with Gasteiger partial charge < -0.3 is 0 Å². The highest BCUT2D eigenvalue weighted by atomic mass is 16.1. The predicted molar refractivity (Wildman–Crippen MR) is 122 cm³/mol. The van der Waals surface area contributed by atoms with Crippen molar-refractivity contribution in [3.8, 4) is 0 Å². The monoisotopic (exact) mass is 400 g/mol. The van der Waals surface area contributed by atoms with Gasteiger partial charge in [0.15, 0.2) is 0 Å². The summed E-state index contributed by atoms with van der Waals surface area (Å²) < 4.78 is 3.77. The van der Waals surface area contributed by atoms with Gasteiger partial charge >= 0.3 is 0 Å². The van der Waals surface area contributed by atoms with E-state index in [1.54, 1.807) is 6.20 Å². The van der Waals surface area contributed by atoms with E-state index in [1.807, 2.05) is 58.5 Å². The molecule has 0 amide bonds. The Balaban J connectivity index is 1.62. The summed E-state index contributed by atoms with van der Waals surface area (Å²) in [6, 6.07) is 10.5. The number of fused-ring (bicyclic) bond motifs is 3. The van der Waals surface area contributed by atoms with Gasteiger partial charge in [0.2, 0.25) is 0 Å². The van der Waals surface area contributed by atoms with Crippen LogP contribution >= 0.6 is 0 Å². The Kier molecular flexibility index (Phi) is 6.10. The molecule has 30 heavy (non-hydrogen) atoms. The minimum atomic E-state index is 0.0917. The lowest BCUT2D eigenvalue weighted by Crippen LogP contribution is -2.38. The summed E-state index contributed by atoms with van der Waals surface area (Å²) in [5.74, 6) is 0. The van der Waals surface area contributed by atoms with E-state index in [9.17, 15) is 4.79 Å². The molecule has 0 fully saturated rings. The number of hydrogen-bond acceptors (Lipinski definition) is 3. The van der Waals surface area contributed by atoms with Crippen LogP contribution in [0.2, 0.25) is 0 Å². The number of nitrogens with zero attached hydrogens (tertiary/aromatic N) is 4. The number of allylic oxidation sites excluding steroid dienone is 6. The van der Waals surface area contributed by atoms with E-state index in [2.05, 4.69) is 41.2 Å². The van der Waals surface area contributed by atoms with Crippen molar-refractivity contribution < 1.29 is 0 Å². The third kappa shape index (κ3) is 4.21. The maximum Gasteiger partial charge on any atom is 0.258 e. The average Bonchev–Trinajstić information content (AvgIpc) is 3.22.